The zero-order chi connectivity index (χ0) is 20.8. The minimum atomic E-state index is 0.665. The third-order valence-corrected chi connectivity index (χ3v) is 5.23. The van der Waals surface area contributed by atoms with Crippen LogP contribution in [0.4, 0.5) is 23.0 Å². The average Bonchev–Trinajstić information content (AvgIpc) is 2.76. The van der Waals surface area contributed by atoms with Gasteiger partial charge in [-0.05, 0) is 61.5 Å². The Morgan fingerprint density at radius 3 is 2.40 bits per heavy atom. The van der Waals surface area contributed by atoms with Gasteiger partial charge in [0.05, 0.1) is 0 Å². The van der Waals surface area contributed by atoms with Crippen LogP contribution in [-0.2, 0) is 0 Å². The Labute approximate surface area is 184 Å². The van der Waals surface area contributed by atoms with Crippen LogP contribution >= 0.6 is 23.5 Å². The van der Waals surface area contributed by atoms with Crippen molar-refractivity contribution in [3.8, 4) is 11.1 Å². The maximum atomic E-state index is 6.39. The van der Waals surface area contributed by atoms with E-state index < -0.39 is 0 Å². The van der Waals surface area contributed by atoms with Gasteiger partial charge in [0.1, 0.15) is 18.0 Å². The Balaban J connectivity index is 1.53. The summed E-state index contributed by atoms with van der Waals surface area (Å²) in [6.07, 6.45) is 5.05. The summed E-state index contributed by atoms with van der Waals surface area (Å²) in [6.45, 7) is 0. The predicted octanol–water partition coefficient (Wildman–Crippen LogP) is 5.91. The van der Waals surface area contributed by atoms with Gasteiger partial charge in [0.25, 0.3) is 0 Å². The number of aromatic nitrogens is 3. The quantitative estimate of drug-likeness (QED) is 0.312. The van der Waals surface area contributed by atoms with E-state index in [1.165, 1.54) is 6.33 Å². The highest BCUT2D eigenvalue weighted by Crippen LogP contribution is 2.31. The van der Waals surface area contributed by atoms with Gasteiger partial charge in [-0.2, -0.15) is 0 Å². The molecule has 0 spiro atoms. The lowest BCUT2D eigenvalue weighted by Crippen LogP contribution is -1.99. The Kier molecular flexibility index (Phi) is 6.44. The SMILES string of the molecule is CNSc1cccc(Nc2cc(Nc3ccc(Cl)c(-c4cccnc4)c3)ncn2)c1. The molecule has 0 fully saturated rings. The summed E-state index contributed by atoms with van der Waals surface area (Å²) in [5.74, 6) is 1.37. The molecule has 0 saturated heterocycles. The summed E-state index contributed by atoms with van der Waals surface area (Å²) in [6, 6.07) is 19.6. The van der Waals surface area contributed by atoms with Crippen LogP contribution in [0.25, 0.3) is 11.1 Å². The number of nitrogens with one attached hydrogen (secondary N) is 3. The standard InChI is InChI=1S/C22H19ClN6S/c1-24-30-18-6-2-5-16(10-18)28-21-12-22(27-14-26-21)29-17-7-8-20(23)19(11-17)15-4-3-9-25-13-15/h2-14,24H,1H3,(H2,26,27,28,29). The van der Waals surface area contributed by atoms with Gasteiger partial charge in [0.2, 0.25) is 0 Å². The van der Waals surface area contributed by atoms with E-state index in [2.05, 4.69) is 36.4 Å². The van der Waals surface area contributed by atoms with Gasteiger partial charge in [-0.1, -0.05) is 23.7 Å². The van der Waals surface area contributed by atoms with Gasteiger partial charge < -0.3 is 10.6 Å². The molecule has 0 radical (unpaired) electrons. The lowest BCUT2D eigenvalue weighted by atomic mass is 10.1. The molecule has 8 heteroatoms. The summed E-state index contributed by atoms with van der Waals surface area (Å²) in [5.41, 5.74) is 3.68. The maximum absolute atomic E-state index is 6.39. The average molecular weight is 435 g/mol. The van der Waals surface area contributed by atoms with Gasteiger partial charge >= 0.3 is 0 Å². The van der Waals surface area contributed by atoms with E-state index in [9.17, 15) is 0 Å². The van der Waals surface area contributed by atoms with Crippen molar-refractivity contribution in [3.63, 3.8) is 0 Å². The monoisotopic (exact) mass is 434 g/mol. The van der Waals surface area contributed by atoms with Crippen LogP contribution in [0.1, 0.15) is 0 Å². The number of rotatable bonds is 7. The molecule has 30 heavy (non-hydrogen) atoms. The van der Waals surface area contributed by atoms with E-state index in [-0.39, 0.29) is 0 Å². The first kappa shape index (κ1) is 20.2. The molecular formula is C22H19ClN6S. The van der Waals surface area contributed by atoms with E-state index >= 15 is 0 Å². The third-order valence-electron chi connectivity index (χ3n) is 4.20. The second-order valence-electron chi connectivity index (χ2n) is 6.31. The molecule has 4 rings (SSSR count). The van der Waals surface area contributed by atoms with Crippen molar-refractivity contribution in [2.45, 2.75) is 4.90 Å². The van der Waals surface area contributed by atoms with Gasteiger partial charge in [-0.15, -0.1) is 0 Å². The number of hydrogen-bond acceptors (Lipinski definition) is 7. The maximum Gasteiger partial charge on any atom is 0.135 e. The van der Waals surface area contributed by atoms with Crippen molar-refractivity contribution in [1.82, 2.24) is 19.7 Å². The smallest absolute Gasteiger partial charge is 0.135 e. The van der Waals surface area contributed by atoms with E-state index in [1.807, 2.05) is 61.6 Å². The molecule has 2 aromatic carbocycles. The zero-order valence-electron chi connectivity index (χ0n) is 16.1. The van der Waals surface area contributed by atoms with Crippen LogP contribution in [0.15, 0.2) is 84.3 Å². The molecular weight excluding hydrogens is 416 g/mol. The Hall–Kier alpha value is -3.13. The third kappa shape index (κ3) is 5.07. The Morgan fingerprint density at radius 1 is 0.867 bits per heavy atom. The van der Waals surface area contributed by atoms with Crippen LogP contribution in [0, 0.1) is 0 Å². The van der Waals surface area contributed by atoms with E-state index in [0.29, 0.717) is 16.7 Å². The fraction of sp³-hybridized carbons (Fsp3) is 0.0455. The molecule has 0 aliphatic heterocycles. The largest absolute Gasteiger partial charge is 0.340 e. The summed E-state index contributed by atoms with van der Waals surface area (Å²) < 4.78 is 3.07. The minimum absolute atomic E-state index is 0.665. The topological polar surface area (TPSA) is 74.8 Å². The number of hydrogen-bond donors (Lipinski definition) is 3. The van der Waals surface area contributed by atoms with Crippen molar-refractivity contribution in [2.75, 3.05) is 17.7 Å². The summed E-state index contributed by atoms with van der Waals surface area (Å²) >= 11 is 7.94. The second kappa shape index (κ2) is 9.58. The molecule has 0 aliphatic carbocycles. The summed E-state index contributed by atoms with van der Waals surface area (Å²) in [4.78, 5) is 13.9. The van der Waals surface area contributed by atoms with Crippen molar-refractivity contribution < 1.29 is 0 Å². The van der Waals surface area contributed by atoms with Gasteiger partial charge in [0, 0.05) is 50.9 Å². The van der Waals surface area contributed by atoms with Gasteiger partial charge in [-0.3, -0.25) is 9.71 Å². The molecule has 3 N–H and O–H groups in total. The number of benzene rings is 2. The molecule has 6 nitrogen and oxygen atoms in total. The van der Waals surface area contributed by atoms with Crippen molar-refractivity contribution in [1.29, 1.82) is 0 Å². The highest BCUT2D eigenvalue weighted by atomic mass is 35.5. The van der Waals surface area contributed by atoms with E-state index in [1.54, 1.807) is 24.3 Å². The molecule has 150 valence electrons. The van der Waals surface area contributed by atoms with Crippen LogP contribution < -0.4 is 15.4 Å². The molecule has 0 aliphatic rings. The molecule has 0 unspecified atom stereocenters. The first-order chi connectivity index (χ1) is 14.7. The van der Waals surface area contributed by atoms with Gasteiger partial charge in [-0.25, -0.2) is 9.97 Å². The normalized spacial score (nSPS) is 10.6. The molecule has 2 aromatic heterocycles. The van der Waals surface area contributed by atoms with Crippen molar-refractivity contribution >= 4 is 46.6 Å². The number of pyridine rings is 1. The van der Waals surface area contributed by atoms with E-state index in [4.69, 9.17) is 11.6 Å². The highest BCUT2D eigenvalue weighted by Gasteiger charge is 2.07. The van der Waals surface area contributed by atoms with Crippen LogP contribution in [0.3, 0.4) is 0 Å². The predicted molar refractivity (Wildman–Crippen MR) is 125 cm³/mol. The van der Waals surface area contributed by atoms with Crippen molar-refractivity contribution in [2.24, 2.45) is 0 Å². The minimum Gasteiger partial charge on any atom is -0.340 e. The molecule has 0 bridgehead atoms. The lowest BCUT2D eigenvalue weighted by molar-refractivity contribution is 1.16. The first-order valence-corrected chi connectivity index (χ1v) is 10.4. The van der Waals surface area contributed by atoms with Gasteiger partial charge in [0.15, 0.2) is 0 Å². The highest BCUT2D eigenvalue weighted by molar-refractivity contribution is 7.97. The zero-order valence-corrected chi connectivity index (χ0v) is 17.7. The number of halogens is 1. The van der Waals surface area contributed by atoms with Crippen LogP contribution in [-0.4, -0.2) is 22.0 Å². The Bertz CT molecular complexity index is 1140. The number of anilines is 4. The fourth-order valence-electron chi connectivity index (χ4n) is 2.89. The van der Waals surface area contributed by atoms with Crippen molar-refractivity contribution in [3.05, 3.63) is 84.4 Å². The molecule has 0 amide bonds. The van der Waals surface area contributed by atoms with E-state index in [0.717, 1.165) is 27.4 Å². The molecule has 0 atom stereocenters. The molecule has 2 heterocycles. The fourth-order valence-corrected chi connectivity index (χ4v) is 3.69. The Morgan fingerprint density at radius 2 is 1.67 bits per heavy atom. The second-order valence-corrected chi connectivity index (χ2v) is 7.80. The lowest BCUT2D eigenvalue weighted by Gasteiger charge is -2.11. The summed E-state index contributed by atoms with van der Waals surface area (Å²) in [7, 11) is 1.89. The molecule has 0 saturated carbocycles. The van der Waals surface area contributed by atoms with Crippen LogP contribution in [0.5, 0.6) is 0 Å². The molecule has 4 aromatic rings. The first-order valence-electron chi connectivity index (χ1n) is 9.21. The van der Waals surface area contributed by atoms with Crippen LogP contribution in [0.2, 0.25) is 5.02 Å². The summed E-state index contributed by atoms with van der Waals surface area (Å²) in [5, 5.41) is 7.29. The number of nitrogens with zero attached hydrogens (tertiary/aromatic N) is 3.